The lowest BCUT2D eigenvalue weighted by Crippen LogP contribution is -2.42. The fourth-order valence-corrected chi connectivity index (χ4v) is 2.26. The monoisotopic (exact) mass is 302 g/mol. The molecule has 0 saturated heterocycles. The van der Waals surface area contributed by atoms with Gasteiger partial charge in [0.1, 0.15) is 11.7 Å². The summed E-state index contributed by atoms with van der Waals surface area (Å²) in [5, 5.41) is 12.7. The first-order valence-electron chi connectivity index (χ1n) is 7.04. The van der Waals surface area contributed by atoms with Gasteiger partial charge in [-0.3, -0.25) is 9.59 Å². The Morgan fingerprint density at radius 3 is 2.59 bits per heavy atom. The van der Waals surface area contributed by atoms with Crippen LogP contribution in [0.15, 0.2) is 35.1 Å². The van der Waals surface area contributed by atoms with Crippen LogP contribution in [0.1, 0.15) is 30.8 Å². The van der Waals surface area contributed by atoms with Crippen molar-refractivity contribution < 1.29 is 14.7 Å². The third kappa shape index (κ3) is 3.52. The Morgan fingerprint density at radius 1 is 1.27 bits per heavy atom. The van der Waals surface area contributed by atoms with Crippen LogP contribution >= 0.6 is 0 Å². The molecule has 0 unspecified atom stereocenters. The quantitative estimate of drug-likeness (QED) is 0.783. The van der Waals surface area contributed by atoms with Gasteiger partial charge >= 0.3 is 5.97 Å². The maximum atomic E-state index is 12.2. The molecule has 0 spiro atoms. The molecule has 0 aliphatic carbocycles. The summed E-state index contributed by atoms with van der Waals surface area (Å²) in [6.07, 6.45) is 0.318. The summed E-state index contributed by atoms with van der Waals surface area (Å²) in [5.41, 5.74) is -0.322. The number of carboxylic acid groups (broad SMARTS) is 1. The summed E-state index contributed by atoms with van der Waals surface area (Å²) in [7, 11) is 0. The third-order valence-corrected chi connectivity index (χ3v) is 3.31. The molecule has 3 N–H and O–H groups in total. The Balaban J connectivity index is 2.29. The number of rotatable bonds is 5. The van der Waals surface area contributed by atoms with Gasteiger partial charge < -0.3 is 15.4 Å². The lowest BCUT2D eigenvalue weighted by molar-refractivity contribution is -0.139. The number of aliphatic carboxylic acids is 1. The Kier molecular flexibility index (Phi) is 4.60. The van der Waals surface area contributed by atoms with Gasteiger partial charge in [0.15, 0.2) is 0 Å². The average molecular weight is 302 g/mol. The number of hydrogen-bond donors (Lipinski definition) is 3. The van der Waals surface area contributed by atoms with Gasteiger partial charge in [0.05, 0.1) is 0 Å². The molecule has 1 aromatic heterocycles. The number of nitrogens with one attached hydrogen (secondary N) is 2. The molecule has 2 aromatic rings. The molecule has 116 valence electrons. The first-order valence-corrected chi connectivity index (χ1v) is 7.04. The van der Waals surface area contributed by atoms with Crippen LogP contribution < -0.4 is 10.9 Å². The molecule has 0 aliphatic rings. The standard InChI is InChI=1S/C16H18N2O4/c1-9(2)7-13(16(21)22)18-15(20)12-8-10-5-3-4-6-11(10)14(19)17-12/h3-6,8-9,13H,7H2,1-2H3,(H,17,19)(H,18,20)(H,21,22)/t13-/m1/s1. The van der Waals surface area contributed by atoms with Crippen molar-refractivity contribution in [2.75, 3.05) is 0 Å². The summed E-state index contributed by atoms with van der Waals surface area (Å²) in [6, 6.07) is 7.45. The minimum atomic E-state index is -1.09. The Labute approximate surface area is 127 Å². The van der Waals surface area contributed by atoms with Gasteiger partial charge in [-0.25, -0.2) is 4.79 Å². The highest BCUT2D eigenvalue weighted by atomic mass is 16.4. The maximum absolute atomic E-state index is 12.2. The van der Waals surface area contributed by atoms with Crippen molar-refractivity contribution in [1.82, 2.24) is 10.3 Å². The van der Waals surface area contributed by atoms with E-state index in [2.05, 4.69) is 10.3 Å². The largest absolute Gasteiger partial charge is 0.480 e. The maximum Gasteiger partial charge on any atom is 0.326 e. The zero-order valence-corrected chi connectivity index (χ0v) is 12.4. The molecule has 0 fully saturated rings. The van der Waals surface area contributed by atoms with E-state index in [1.807, 2.05) is 13.8 Å². The molecule has 1 amide bonds. The molecule has 1 heterocycles. The van der Waals surface area contributed by atoms with Crippen LogP contribution in [0.2, 0.25) is 0 Å². The number of aromatic nitrogens is 1. The Morgan fingerprint density at radius 2 is 1.95 bits per heavy atom. The third-order valence-electron chi connectivity index (χ3n) is 3.31. The normalized spacial score (nSPS) is 12.3. The summed E-state index contributed by atoms with van der Waals surface area (Å²) in [4.78, 5) is 37.8. The molecule has 0 radical (unpaired) electrons. The van der Waals surface area contributed by atoms with Crippen LogP contribution in [-0.4, -0.2) is 28.0 Å². The first kappa shape index (κ1) is 15.8. The van der Waals surface area contributed by atoms with Crippen LogP contribution in [0.25, 0.3) is 10.8 Å². The number of H-pyrrole nitrogens is 1. The van der Waals surface area contributed by atoms with E-state index in [1.165, 1.54) is 0 Å². The van der Waals surface area contributed by atoms with Gasteiger partial charge in [0, 0.05) is 5.39 Å². The molecule has 0 bridgehead atoms. The van der Waals surface area contributed by atoms with Gasteiger partial charge in [-0.2, -0.15) is 0 Å². The minimum absolute atomic E-state index is 0.0544. The summed E-state index contributed by atoms with van der Waals surface area (Å²) >= 11 is 0. The Bertz CT molecular complexity index is 764. The van der Waals surface area contributed by atoms with Gasteiger partial charge in [-0.15, -0.1) is 0 Å². The molecule has 1 aromatic carbocycles. The molecular formula is C16H18N2O4. The number of hydrogen-bond acceptors (Lipinski definition) is 3. The topological polar surface area (TPSA) is 99.3 Å². The van der Waals surface area contributed by atoms with Crippen molar-refractivity contribution >= 4 is 22.6 Å². The number of fused-ring (bicyclic) bond motifs is 1. The summed E-state index contributed by atoms with van der Waals surface area (Å²) in [5.74, 6) is -1.57. The number of amides is 1. The second-order valence-corrected chi connectivity index (χ2v) is 5.59. The van der Waals surface area contributed by atoms with Gasteiger partial charge in [0.2, 0.25) is 0 Å². The van der Waals surface area contributed by atoms with E-state index in [9.17, 15) is 14.4 Å². The molecule has 0 saturated carbocycles. The highest BCUT2D eigenvalue weighted by molar-refractivity contribution is 5.98. The molecule has 0 aliphatic heterocycles. The number of carbonyl (C=O) groups is 2. The zero-order chi connectivity index (χ0) is 16.3. The highest BCUT2D eigenvalue weighted by Gasteiger charge is 2.22. The van der Waals surface area contributed by atoms with Crippen molar-refractivity contribution in [2.24, 2.45) is 5.92 Å². The Hall–Kier alpha value is -2.63. The molecule has 2 rings (SSSR count). The predicted molar refractivity (Wildman–Crippen MR) is 82.9 cm³/mol. The van der Waals surface area contributed by atoms with Gasteiger partial charge in [-0.05, 0) is 29.9 Å². The molecule has 22 heavy (non-hydrogen) atoms. The van der Waals surface area contributed by atoms with E-state index in [0.717, 1.165) is 0 Å². The first-order chi connectivity index (χ1) is 10.4. The van der Waals surface area contributed by atoms with E-state index >= 15 is 0 Å². The smallest absolute Gasteiger partial charge is 0.326 e. The summed E-state index contributed by atoms with van der Waals surface area (Å²) < 4.78 is 0. The van der Waals surface area contributed by atoms with Crippen molar-refractivity contribution in [3.05, 3.63) is 46.4 Å². The number of carbonyl (C=O) groups excluding carboxylic acids is 1. The number of carboxylic acids is 1. The lowest BCUT2D eigenvalue weighted by Gasteiger charge is -2.16. The van der Waals surface area contributed by atoms with Crippen molar-refractivity contribution in [1.29, 1.82) is 0 Å². The van der Waals surface area contributed by atoms with Gasteiger partial charge in [-0.1, -0.05) is 32.0 Å². The van der Waals surface area contributed by atoms with Crippen LogP contribution in [0, 0.1) is 5.92 Å². The lowest BCUT2D eigenvalue weighted by atomic mass is 10.0. The van der Waals surface area contributed by atoms with E-state index in [4.69, 9.17) is 5.11 Å². The second-order valence-electron chi connectivity index (χ2n) is 5.59. The van der Waals surface area contributed by atoms with Crippen LogP contribution in [0.4, 0.5) is 0 Å². The van der Waals surface area contributed by atoms with Crippen molar-refractivity contribution in [2.45, 2.75) is 26.3 Å². The van der Waals surface area contributed by atoms with Crippen molar-refractivity contribution in [3.8, 4) is 0 Å². The molecule has 1 atom stereocenters. The van der Waals surface area contributed by atoms with E-state index in [1.54, 1.807) is 30.3 Å². The van der Waals surface area contributed by atoms with Crippen LogP contribution in [0.5, 0.6) is 0 Å². The molecule has 6 heteroatoms. The fourth-order valence-electron chi connectivity index (χ4n) is 2.26. The average Bonchev–Trinajstić information content (AvgIpc) is 2.45. The van der Waals surface area contributed by atoms with E-state index < -0.39 is 17.9 Å². The van der Waals surface area contributed by atoms with Crippen LogP contribution in [0.3, 0.4) is 0 Å². The molecular weight excluding hydrogens is 284 g/mol. The van der Waals surface area contributed by atoms with E-state index in [0.29, 0.717) is 17.2 Å². The minimum Gasteiger partial charge on any atom is -0.480 e. The summed E-state index contributed by atoms with van der Waals surface area (Å²) in [6.45, 7) is 3.75. The fraction of sp³-hybridized carbons (Fsp3) is 0.312. The number of pyridine rings is 1. The zero-order valence-electron chi connectivity index (χ0n) is 12.4. The molecule has 6 nitrogen and oxygen atoms in total. The van der Waals surface area contributed by atoms with Crippen molar-refractivity contribution in [3.63, 3.8) is 0 Å². The highest BCUT2D eigenvalue weighted by Crippen LogP contribution is 2.11. The number of benzene rings is 1. The second kappa shape index (κ2) is 6.43. The van der Waals surface area contributed by atoms with Crippen LogP contribution in [-0.2, 0) is 4.79 Å². The predicted octanol–water partition coefficient (Wildman–Crippen LogP) is 1.76. The van der Waals surface area contributed by atoms with E-state index in [-0.39, 0.29) is 17.2 Å². The number of aromatic amines is 1. The van der Waals surface area contributed by atoms with Gasteiger partial charge in [0.25, 0.3) is 11.5 Å². The SMILES string of the molecule is CC(C)C[C@@H](NC(=O)c1cc2ccccc2c(=O)[nH]1)C(=O)O.